The first-order valence-corrected chi connectivity index (χ1v) is 5.41. The molecule has 0 saturated heterocycles. The average Bonchev–Trinajstić information content (AvgIpc) is 2.84. The van der Waals surface area contributed by atoms with E-state index in [1.165, 1.54) is 12.3 Å². The van der Waals surface area contributed by atoms with Crippen molar-refractivity contribution in [3.05, 3.63) is 41.3 Å². The molecule has 0 radical (unpaired) electrons. The molecule has 0 saturated carbocycles. The van der Waals surface area contributed by atoms with Crippen molar-refractivity contribution in [3.8, 4) is 0 Å². The van der Waals surface area contributed by atoms with Gasteiger partial charge in [0.1, 0.15) is 18.1 Å². The standard InChI is InChI=1S/C11H7F5N4O/c12-6-7(13)9(15)11(10(16)8(6)14)18-5(21)3-20-2-1-4(17)19-20/h1-2H,3H2,(H2,17,19)(H,18,21). The van der Waals surface area contributed by atoms with E-state index in [0.717, 1.165) is 4.68 Å². The molecule has 1 aromatic heterocycles. The number of hydrogen-bond acceptors (Lipinski definition) is 3. The van der Waals surface area contributed by atoms with Crippen molar-refractivity contribution in [2.24, 2.45) is 0 Å². The first kappa shape index (κ1) is 14.8. The van der Waals surface area contributed by atoms with Gasteiger partial charge in [0.2, 0.25) is 11.7 Å². The molecule has 0 atom stereocenters. The quantitative estimate of drug-likeness (QED) is 0.516. The Morgan fingerprint density at radius 1 is 1.10 bits per heavy atom. The first-order chi connectivity index (χ1) is 9.81. The van der Waals surface area contributed by atoms with Gasteiger partial charge in [-0.25, -0.2) is 22.0 Å². The highest BCUT2D eigenvalue weighted by Crippen LogP contribution is 2.27. The van der Waals surface area contributed by atoms with Crippen molar-refractivity contribution in [2.75, 3.05) is 11.1 Å². The van der Waals surface area contributed by atoms with Crippen molar-refractivity contribution in [1.82, 2.24) is 9.78 Å². The number of halogens is 5. The van der Waals surface area contributed by atoms with Gasteiger partial charge < -0.3 is 11.1 Å². The molecule has 5 nitrogen and oxygen atoms in total. The van der Waals surface area contributed by atoms with Crippen LogP contribution in [0.15, 0.2) is 12.3 Å². The molecule has 2 rings (SSSR count). The van der Waals surface area contributed by atoms with E-state index in [1.807, 2.05) is 0 Å². The number of anilines is 2. The van der Waals surface area contributed by atoms with Crippen LogP contribution in [-0.2, 0) is 11.3 Å². The molecule has 1 amide bonds. The summed E-state index contributed by atoms with van der Waals surface area (Å²) in [6, 6.07) is 1.35. The Morgan fingerprint density at radius 3 is 2.10 bits per heavy atom. The molecule has 0 bridgehead atoms. The summed E-state index contributed by atoms with van der Waals surface area (Å²) in [4.78, 5) is 11.5. The van der Waals surface area contributed by atoms with Gasteiger partial charge in [-0.05, 0) is 6.07 Å². The normalized spacial score (nSPS) is 10.7. The van der Waals surface area contributed by atoms with E-state index in [4.69, 9.17) is 5.73 Å². The lowest BCUT2D eigenvalue weighted by Crippen LogP contribution is -2.21. The third-order valence-electron chi connectivity index (χ3n) is 2.44. The number of nitrogens with two attached hydrogens (primary N) is 1. The Kier molecular flexibility index (Phi) is 3.78. The summed E-state index contributed by atoms with van der Waals surface area (Å²) < 4.78 is 66.4. The summed E-state index contributed by atoms with van der Waals surface area (Å²) >= 11 is 0. The smallest absolute Gasteiger partial charge is 0.246 e. The molecule has 0 unspecified atom stereocenters. The maximum atomic E-state index is 13.3. The molecule has 21 heavy (non-hydrogen) atoms. The van der Waals surface area contributed by atoms with Gasteiger partial charge in [-0.1, -0.05) is 0 Å². The van der Waals surface area contributed by atoms with Gasteiger partial charge in [0.15, 0.2) is 23.3 Å². The lowest BCUT2D eigenvalue weighted by atomic mass is 10.2. The van der Waals surface area contributed by atoms with Crippen LogP contribution in [0.4, 0.5) is 33.5 Å². The third kappa shape index (κ3) is 2.78. The molecule has 0 aliphatic carbocycles. The number of carbonyl (C=O) groups is 1. The molecular formula is C11H7F5N4O. The highest BCUT2D eigenvalue weighted by Gasteiger charge is 2.26. The lowest BCUT2D eigenvalue weighted by Gasteiger charge is -2.09. The van der Waals surface area contributed by atoms with Crippen LogP contribution in [0.25, 0.3) is 0 Å². The van der Waals surface area contributed by atoms with Crippen molar-refractivity contribution in [3.63, 3.8) is 0 Å². The molecule has 0 fully saturated rings. The number of rotatable bonds is 3. The monoisotopic (exact) mass is 306 g/mol. The van der Waals surface area contributed by atoms with E-state index in [2.05, 4.69) is 5.10 Å². The molecule has 0 spiro atoms. The number of nitrogens with zero attached hydrogens (tertiary/aromatic N) is 2. The Morgan fingerprint density at radius 2 is 1.62 bits per heavy atom. The molecule has 0 aliphatic rings. The second kappa shape index (κ2) is 5.38. The van der Waals surface area contributed by atoms with E-state index in [0.29, 0.717) is 0 Å². The van der Waals surface area contributed by atoms with Crippen LogP contribution in [0, 0.1) is 29.1 Å². The SMILES string of the molecule is Nc1ccn(CC(=O)Nc2c(F)c(F)c(F)c(F)c2F)n1. The van der Waals surface area contributed by atoms with Gasteiger partial charge in [-0.15, -0.1) is 0 Å². The van der Waals surface area contributed by atoms with Crippen LogP contribution >= 0.6 is 0 Å². The van der Waals surface area contributed by atoms with E-state index >= 15 is 0 Å². The Hall–Kier alpha value is -2.65. The van der Waals surface area contributed by atoms with Crippen LogP contribution in [0.1, 0.15) is 0 Å². The molecule has 3 N–H and O–H groups in total. The summed E-state index contributed by atoms with van der Waals surface area (Å²) in [7, 11) is 0. The number of nitrogens with one attached hydrogen (secondary N) is 1. The number of hydrogen-bond donors (Lipinski definition) is 2. The lowest BCUT2D eigenvalue weighted by molar-refractivity contribution is -0.116. The summed E-state index contributed by atoms with van der Waals surface area (Å²) in [6.45, 7) is -0.517. The second-order valence-corrected chi connectivity index (χ2v) is 3.93. The van der Waals surface area contributed by atoms with Gasteiger partial charge >= 0.3 is 0 Å². The van der Waals surface area contributed by atoms with E-state index in [1.54, 1.807) is 5.32 Å². The molecule has 1 aromatic carbocycles. The summed E-state index contributed by atoms with van der Waals surface area (Å²) in [6.07, 6.45) is 1.30. The molecular weight excluding hydrogens is 299 g/mol. The fourth-order valence-electron chi connectivity index (χ4n) is 1.51. The van der Waals surface area contributed by atoms with Crippen LogP contribution in [-0.4, -0.2) is 15.7 Å². The minimum absolute atomic E-state index is 0.0963. The predicted octanol–water partition coefficient (Wildman–Crippen LogP) is 1.80. The molecule has 10 heteroatoms. The van der Waals surface area contributed by atoms with E-state index in [-0.39, 0.29) is 5.82 Å². The van der Waals surface area contributed by atoms with Gasteiger partial charge in [0, 0.05) is 6.20 Å². The fourth-order valence-corrected chi connectivity index (χ4v) is 1.51. The predicted molar refractivity (Wildman–Crippen MR) is 61.5 cm³/mol. The van der Waals surface area contributed by atoms with Crippen LogP contribution in [0.2, 0.25) is 0 Å². The number of nitrogen functional groups attached to an aromatic ring is 1. The van der Waals surface area contributed by atoms with Gasteiger partial charge in [-0.2, -0.15) is 5.10 Å². The Balaban J connectivity index is 2.25. The van der Waals surface area contributed by atoms with Crippen molar-refractivity contribution >= 4 is 17.4 Å². The van der Waals surface area contributed by atoms with Crippen molar-refractivity contribution in [1.29, 1.82) is 0 Å². The maximum absolute atomic E-state index is 13.3. The van der Waals surface area contributed by atoms with Crippen molar-refractivity contribution in [2.45, 2.75) is 6.54 Å². The van der Waals surface area contributed by atoms with Crippen LogP contribution in [0.3, 0.4) is 0 Å². The minimum Gasteiger partial charge on any atom is -0.382 e. The van der Waals surface area contributed by atoms with Crippen molar-refractivity contribution < 1.29 is 26.7 Å². The Bertz CT molecular complexity index is 686. The number of aromatic nitrogens is 2. The van der Waals surface area contributed by atoms with Crippen LogP contribution < -0.4 is 11.1 Å². The van der Waals surface area contributed by atoms with Crippen LogP contribution in [0.5, 0.6) is 0 Å². The highest BCUT2D eigenvalue weighted by atomic mass is 19.2. The molecule has 1 heterocycles. The van der Waals surface area contributed by atoms with Gasteiger partial charge in [-0.3, -0.25) is 9.48 Å². The molecule has 0 aliphatic heterocycles. The van der Waals surface area contributed by atoms with Gasteiger partial charge in [0.05, 0.1) is 0 Å². The second-order valence-electron chi connectivity index (χ2n) is 3.93. The topological polar surface area (TPSA) is 72.9 Å². The van der Waals surface area contributed by atoms with E-state index in [9.17, 15) is 26.7 Å². The zero-order chi connectivity index (χ0) is 15.7. The maximum Gasteiger partial charge on any atom is 0.246 e. The first-order valence-electron chi connectivity index (χ1n) is 5.41. The largest absolute Gasteiger partial charge is 0.382 e. The van der Waals surface area contributed by atoms with Gasteiger partial charge in [0.25, 0.3) is 0 Å². The summed E-state index contributed by atoms with van der Waals surface area (Å²) in [5, 5.41) is 5.23. The number of carbonyl (C=O) groups excluding carboxylic acids is 1. The molecule has 112 valence electrons. The minimum atomic E-state index is -2.30. The molecule has 2 aromatic rings. The van der Waals surface area contributed by atoms with E-state index < -0.39 is 47.2 Å². The fraction of sp³-hybridized carbons (Fsp3) is 0.0909. The summed E-state index contributed by atoms with van der Waals surface area (Å²) in [5.74, 6) is -11.8. The number of amides is 1. The zero-order valence-electron chi connectivity index (χ0n) is 10.1. The highest BCUT2D eigenvalue weighted by molar-refractivity contribution is 5.90. The Labute approximate surface area is 114 Å². The number of benzene rings is 1. The third-order valence-corrected chi connectivity index (χ3v) is 2.44. The zero-order valence-corrected chi connectivity index (χ0v) is 10.1. The average molecular weight is 306 g/mol. The summed E-state index contributed by atoms with van der Waals surface area (Å²) in [5.41, 5.74) is 3.87.